The molecule has 19 heavy (non-hydrogen) atoms. The van der Waals surface area contributed by atoms with Crippen molar-refractivity contribution >= 4 is 5.82 Å². The van der Waals surface area contributed by atoms with Gasteiger partial charge in [-0.3, -0.25) is 0 Å². The fourth-order valence-electron chi connectivity index (χ4n) is 2.31. The number of halogens is 3. The van der Waals surface area contributed by atoms with Crippen LogP contribution in [0, 0.1) is 17.2 Å². The monoisotopic (exact) mass is 269 g/mol. The average Bonchev–Trinajstić information content (AvgIpc) is 2.68. The van der Waals surface area contributed by atoms with Crippen LogP contribution in [-0.2, 0) is 6.18 Å². The summed E-state index contributed by atoms with van der Waals surface area (Å²) in [5.74, 6) is 0.525. The van der Waals surface area contributed by atoms with Crippen molar-refractivity contribution in [3.63, 3.8) is 0 Å². The van der Waals surface area contributed by atoms with Gasteiger partial charge in [0.15, 0.2) is 0 Å². The van der Waals surface area contributed by atoms with Crippen LogP contribution in [-0.4, -0.2) is 17.6 Å². The fourth-order valence-corrected chi connectivity index (χ4v) is 2.31. The molecule has 6 heteroatoms. The molecule has 2 atom stereocenters. The highest BCUT2D eigenvalue weighted by atomic mass is 19.4. The van der Waals surface area contributed by atoms with Gasteiger partial charge >= 0.3 is 6.18 Å². The van der Waals surface area contributed by atoms with E-state index in [1.54, 1.807) is 4.90 Å². The zero-order chi connectivity index (χ0) is 14.2. The molecule has 0 amide bonds. The van der Waals surface area contributed by atoms with Crippen molar-refractivity contribution in [2.45, 2.75) is 32.5 Å². The maximum Gasteiger partial charge on any atom is 0.433 e. The summed E-state index contributed by atoms with van der Waals surface area (Å²) in [5.41, 5.74) is -0.762. The van der Waals surface area contributed by atoms with Gasteiger partial charge in [0.2, 0.25) is 0 Å². The minimum absolute atomic E-state index is 0.0862. The number of rotatable bonds is 1. The summed E-state index contributed by atoms with van der Waals surface area (Å²) in [4.78, 5) is 5.45. The highest BCUT2D eigenvalue weighted by Gasteiger charge is 2.35. The van der Waals surface area contributed by atoms with E-state index in [-0.39, 0.29) is 17.4 Å². The van der Waals surface area contributed by atoms with Crippen molar-refractivity contribution in [2.75, 3.05) is 11.4 Å². The van der Waals surface area contributed by atoms with Gasteiger partial charge in [0.25, 0.3) is 0 Å². The Labute approximate surface area is 109 Å². The van der Waals surface area contributed by atoms with Crippen LogP contribution in [0.3, 0.4) is 0 Å². The number of hydrogen-bond acceptors (Lipinski definition) is 3. The molecule has 102 valence electrons. The zero-order valence-electron chi connectivity index (χ0n) is 10.7. The molecule has 2 rings (SSSR count). The maximum atomic E-state index is 12.7. The summed E-state index contributed by atoms with van der Waals surface area (Å²) in [6, 6.07) is 4.05. The van der Waals surface area contributed by atoms with Gasteiger partial charge < -0.3 is 4.90 Å². The fraction of sp³-hybridized carbons (Fsp3) is 0.538. The Morgan fingerprint density at radius 2 is 2.05 bits per heavy atom. The van der Waals surface area contributed by atoms with Gasteiger partial charge in [0.05, 0.1) is 5.56 Å². The first kappa shape index (κ1) is 13.7. The lowest BCUT2D eigenvalue weighted by Crippen LogP contribution is -2.31. The predicted molar refractivity (Wildman–Crippen MR) is 64.5 cm³/mol. The Morgan fingerprint density at radius 1 is 1.37 bits per heavy atom. The van der Waals surface area contributed by atoms with Crippen molar-refractivity contribution in [2.24, 2.45) is 5.92 Å². The van der Waals surface area contributed by atoms with Crippen LogP contribution in [0.2, 0.25) is 0 Å². The molecule has 0 saturated carbocycles. The van der Waals surface area contributed by atoms with Gasteiger partial charge in [0.1, 0.15) is 17.6 Å². The van der Waals surface area contributed by atoms with Crippen LogP contribution in [0.4, 0.5) is 19.0 Å². The van der Waals surface area contributed by atoms with Crippen molar-refractivity contribution in [1.82, 2.24) is 4.98 Å². The number of aromatic nitrogens is 1. The van der Waals surface area contributed by atoms with E-state index in [1.807, 2.05) is 19.9 Å². The largest absolute Gasteiger partial charge is 0.433 e. The van der Waals surface area contributed by atoms with E-state index in [0.717, 1.165) is 12.5 Å². The van der Waals surface area contributed by atoms with E-state index < -0.39 is 11.9 Å². The summed E-state index contributed by atoms with van der Waals surface area (Å²) in [5, 5.41) is 9.03. The molecule has 1 aliphatic heterocycles. The van der Waals surface area contributed by atoms with E-state index in [2.05, 4.69) is 4.98 Å². The van der Waals surface area contributed by atoms with Crippen molar-refractivity contribution in [3.05, 3.63) is 23.4 Å². The van der Waals surface area contributed by atoms with E-state index in [1.165, 1.54) is 6.07 Å². The number of alkyl halides is 3. The van der Waals surface area contributed by atoms with Gasteiger partial charge in [-0.1, -0.05) is 6.92 Å². The van der Waals surface area contributed by atoms with Crippen LogP contribution in [0.5, 0.6) is 0 Å². The molecular formula is C13H14F3N3. The van der Waals surface area contributed by atoms with Gasteiger partial charge in [-0.25, -0.2) is 4.98 Å². The van der Waals surface area contributed by atoms with Crippen molar-refractivity contribution in [1.29, 1.82) is 5.26 Å². The first-order valence-corrected chi connectivity index (χ1v) is 6.09. The van der Waals surface area contributed by atoms with E-state index in [0.29, 0.717) is 12.5 Å². The standard InChI is InChI=1S/C13H14F3N3/c1-8-5-6-19(9(8)2)12-10(7-17)3-4-11(18-12)13(14,15)16/h3-4,8-9H,5-6H2,1-2H3. The molecule has 1 saturated heterocycles. The molecule has 0 radical (unpaired) electrons. The molecular weight excluding hydrogens is 255 g/mol. The maximum absolute atomic E-state index is 12.7. The first-order valence-electron chi connectivity index (χ1n) is 6.09. The minimum Gasteiger partial charge on any atom is -0.353 e. The Morgan fingerprint density at radius 3 is 2.53 bits per heavy atom. The summed E-state index contributed by atoms with van der Waals surface area (Å²) in [6.45, 7) is 4.62. The van der Waals surface area contributed by atoms with Crippen molar-refractivity contribution in [3.8, 4) is 6.07 Å². The number of pyridine rings is 1. The third-order valence-electron chi connectivity index (χ3n) is 3.70. The number of hydrogen-bond donors (Lipinski definition) is 0. The topological polar surface area (TPSA) is 39.9 Å². The predicted octanol–water partition coefficient (Wildman–Crippen LogP) is 3.21. The van der Waals surface area contributed by atoms with E-state index >= 15 is 0 Å². The van der Waals surface area contributed by atoms with Gasteiger partial charge in [-0.15, -0.1) is 0 Å². The zero-order valence-corrected chi connectivity index (χ0v) is 10.7. The quantitative estimate of drug-likeness (QED) is 0.786. The van der Waals surface area contributed by atoms with Crippen LogP contribution in [0.1, 0.15) is 31.5 Å². The molecule has 1 aromatic rings. The molecule has 2 unspecified atom stereocenters. The Kier molecular flexibility index (Phi) is 3.40. The van der Waals surface area contributed by atoms with Crippen LogP contribution >= 0.6 is 0 Å². The van der Waals surface area contributed by atoms with Crippen LogP contribution in [0.25, 0.3) is 0 Å². The Bertz CT molecular complexity index is 519. The smallest absolute Gasteiger partial charge is 0.353 e. The second-order valence-electron chi connectivity index (χ2n) is 4.88. The second-order valence-corrected chi connectivity index (χ2v) is 4.88. The molecule has 0 aromatic carbocycles. The molecule has 2 heterocycles. The van der Waals surface area contributed by atoms with Gasteiger partial charge in [0, 0.05) is 12.6 Å². The third kappa shape index (κ3) is 2.50. The minimum atomic E-state index is -4.49. The summed E-state index contributed by atoms with van der Waals surface area (Å²) in [6.07, 6.45) is -3.60. The lowest BCUT2D eigenvalue weighted by atomic mass is 10.1. The SMILES string of the molecule is CC1CCN(c2nc(C(F)(F)F)ccc2C#N)C1C. The molecule has 1 aliphatic rings. The number of nitriles is 1. The second kappa shape index (κ2) is 4.72. The lowest BCUT2D eigenvalue weighted by molar-refractivity contribution is -0.141. The molecule has 0 bridgehead atoms. The first-order chi connectivity index (χ1) is 8.84. The highest BCUT2D eigenvalue weighted by Crippen LogP contribution is 2.34. The summed E-state index contributed by atoms with van der Waals surface area (Å²) in [7, 11) is 0. The van der Waals surface area contributed by atoms with Crippen LogP contribution < -0.4 is 4.90 Å². The molecule has 3 nitrogen and oxygen atoms in total. The average molecular weight is 269 g/mol. The molecule has 0 N–H and O–H groups in total. The highest BCUT2D eigenvalue weighted by molar-refractivity contribution is 5.56. The van der Waals surface area contributed by atoms with E-state index in [4.69, 9.17) is 5.26 Å². The molecule has 0 aliphatic carbocycles. The Hall–Kier alpha value is -1.77. The van der Waals surface area contributed by atoms with Crippen LogP contribution in [0.15, 0.2) is 12.1 Å². The number of nitrogens with zero attached hydrogens (tertiary/aromatic N) is 3. The summed E-state index contributed by atoms with van der Waals surface area (Å²) >= 11 is 0. The lowest BCUT2D eigenvalue weighted by Gasteiger charge is -2.25. The molecule has 1 fully saturated rings. The molecule has 0 spiro atoms. The van der Waals surface area contributed by atoms with Crippen molar-refractivity contribution < 1.29 is 13.2 Å². The molecule has 1 aromatic heterocycles. The Balaban J connectivity index is 2.46. The van der Waals surface area contributed by atoms with E-state index in [9.17, 15) is 13.2 Å². The third-order valence-corrected chi connectivity index (χ3v) is 3.70. The van der Waals surface area contributed by atoms with Gasteiger partial charge in [-0.2, -0.15) is 18.4 Å². The number of anilines is 1. The normalized spacial score (nSPS) is 23.5. The van der Waals surface area contributed by atoms with Gasteiger partial charge in [-0.05, 0) is 31.4 Å². The summed E-state index contributed by atoms with van der Waals surface area (Å²) < 4.78 is 38.1.